The zero-order chi connectivity index (χ0) is 16.1. The van der Waals surface area contributed by atoms with Crippen molar-refractivity contribution in [2.75, 3.05) is 0 Å². The van der Waals surface area contributed by atoms with Gasteiger partial charge in [-0.1, -0.05) is 39.0 Å². The average molecular weight is 433 g/mol. The highest BCUT2D eigenvalue weighted by atomic mass is 79.9. The van der Waals surface area contributed by atoms with Gasteiger partial charge in [0.05, 0.1) is 3.39 Å². The molecule has 0 aromatic carbocycles. The highest BCUT2D eigenvalue weighted by molar-refractivity contribution is 9.28. The second-order valence-corrected chi connectivity index (χ2v) is 13.9. The Morgan fingerprint density at radius 3 is 2.33 bits per heavy atom. The van der Waals surface area contributed by atoms with E-state index in [4.69, 9.17) is 5.73 Å². The van der Waals surface area contributed by atoms with Crippen molar-refractivity contribution >= 4 is 39.9 Å². The summed E-state index contributed by atoms with van der Waals surface area (Å²) < 4.78 is 0.984. The number of halogens is 2. The molecule has 0 bridgehead atoms. The predicted octanol–water partition coefficient (Wildman–Crippen LogP) is 5.58. The lowest BCUT2D eigenvalue weighted by Crippen LogP contribution is -2.37. The smallest absolute Gasteiger partial charge is 0.137 e. The topological polar surface area (TPSA) is 26.0 Å². The molecule has 118 valence electrons. The average Bonchev–Trinajstić information content (AvgIpc) is 2.44. The molecular weight excluding hydrogens is 406 g/mol. The fraction of sp³-hybridized carbons (Fsp3) is 0.647. The predicted molar refractivity (Wildman–Crippen MR) is 104 cm³/mol. The van der Waals surface area contributed by atoms with Crippen LogP contribution in [0.25, 0.3) is 0 Å². The zero-order valence-corrected chi connectivity index (χ0v) is 17.7. The molecule has 21 heavy (non-hydrogen) atoms. The number of rotatable bonds is 4. The second kappa shape index (κ2) is 8.15. The molecule has 3 atom stereocenters. The first-order valence-electron chi connectivity index (χ1n) is 7.82. The van der Waals surface area contributed by atoms with Crippen molar-refractivity contribution in [3.8, 4) is 11.5 Å². The minimum atomic E-state index is -1.41. The van der Waals surface area contributed by atoms with E-state index in [1.165, 1.54) is 18.1 Å². The minimum Gasteiger partial charge on any atom is -0.324 e. The van der Waals surface area contributed by atoms with Crippen LogP contribution in [0.5, 0.6) is 0 Å². The van der Waals surface area contributed by atoms with Gasteiger partial charge in [-0.15, -0.1) is 11.5 Å². The molecule has 0 saturated heterocycles. The van der Waals surface area contributed by atoms with Crippen LogP contribution in [-0.2, 0) is 0 Å². The second-order valence-electron chi connectivity index (χ2n) is 6.24. The fourth-order valence-electron chi connectivity index (χ4n) is 2.97. The van der Waals surface area contributed by atoms with Gasteiger partial charge in [-0.2, -0.15) is 0 Å². The van der Waals surface area contributed by atoms with E-state index in [1.807, 2.05) is 0 Å². The number of hydrogen-bond donors (Lipinski definition) is 1. The summed E-state index contributed by atoms with van der Waals surface area (Å²) in [5.74, 6) is 3.97. The summed E-state index contributed by atoms with van der Waals surface area (Å²) in [6.45, 7) is 9.16. The third-order valence-electron chi connectivity index (χ3n) is 4.91. The first-order chi connectivity index (χ1) is 9.80. The van der Waals surface area contributed by atoms with Gasteiger partial charge < -0.3 is 5.73 Å². The van der Waals surface area contributed by atoms with E-state index in [1.54, 1.807) is 0 Å². The van der Waals surface area contributed by atoms with Crippen LogP contribution >= 0.6 is 31.9 Å². The molecule has 0 aromatic heterocycles. The summed E-state index contributed by atoms with van der Waals surface area (Å²) in [5, 5.41) is 0. The van der Waals surface area contributed by atoms with Crippen molar-refractivity contribution in [2.24, 2.45) is 17.1 Å². The highest BCUT2D eigenvalue weighted by Gasteiger charge is 2.35. The molecule has 0 amide bonds. The zero-order valence-electron chi connectivity index (χ0n) is 13.5. The van der Waals surface area contributed by atoms with Crippen molar-refractivity contribution in [1.82, 2.24) is 0 Å². The molecule has 0 saturated carbocycles. The number of allylic oxidation sites excluding steroid dienone is 2. The summed E-state index contributed by atoms with van der Waals surface area (Å²) >= 11 is 6.96. The lowest BCUT2D eigenvalue weighted by atomic mass is 9.70. The van der Waals surface area contributed by atoms with Crippen molar-refractivity contribution in [1.29, 1.82) is 0 Å². The quantitative estimate of drug-likeness (QED) is 0.350. The summed E-state index contributed by atoms with van der Waals surface area (Å²) in [7, 11) is -1.41. The van der Waals surface area contributed by atoms with Gasteiger partial charge in [0.2, 0.25) is 0 Å². The van der Waals surface area contributed by atoms with E-state index in [0.717, 1.165) is 9.81 Å². The van der Waals surface area contributed by atoms with E-state index < -0.39 is 8.07 Å². The van der Waals surface area contributed by atoms with Crippen molar-refractivity contribution < 1.29 is 0 Å². The standard InChI is InChI=1S/C17H27Br2NSi/c1-5-21(6-2,7-3)11-10-17(4)13-15(20)9-8-14(17)12-16(18)19/h8-9,12,14-15H,5-7,13,20H2,1-4H3/t14-,15-,17-/m1/s1. The van der Waals surface area contributed by atoms with Gasteiger partial charge >= 0.3 is 0 Å². The molecule has 0 unspecified atom stereocenters. The lowest BCUT2D eigenvalue weighted by Gasteiger charge is -2.36. The van der Waals surface area contributed by atoms with Gasteiger partial charge in [0.1, 0.15) is 8.07 Å². The van der Waals surface area contributed by atoms with Crippen LogP contribution in [0.15, 0.2) is 21.6 Å². The van der Waals surface area contributed by atoms with E-state index >= 15 is 0 Å². The van der Waals surface area contributed by atoms with Gasteiger partial charge in [-0.05, 0) is 63.3 Å². The Morgan fingerprint density at radius 2 is 1.86 bits per heavy atom. The van der Waals surface area contributed by atoms with Crippen molar-refractivity contribution in [3.05, 3.63) is 21.6 Å². The molecule has 1 rings (SSSR count). The Hall–Kier alpha value is 0.177. The highest BCUT2D eigenvalue weighted by Crippen LogP contribution is 2.39. The third kappa shape index (κ3) is 5.09. The van der Waals surface area contributed by atoms with Crippen LogP contribution in [0.3, 0.4) is 0 Å². The van der Waals surface area contributed by atoms with Crippen molar-refractivity contribution in [2.45, 2.75) is 58.3 Å². The molecule has 1 nitrogen and oxygen atoms in total. The van der Waals surface area contributed by atoms with Crippen LogP contribution in [-0.4, -0.2) is 14.1 Å². The molecule has 2 N–H and O–H groups in total. The summed E-state index contributed by atoms with van der Waals surface area (Å²) in [6, 6.07) is 3.85. The molecule has 0 spiro atoms. The molecule has 0 fully saturated rings. The summed E-state index contributed by atoms with van der Waals surface area (Å²) in [5.41, 5.74) is 9.84. The molecule has 0 heterocycles. The first kappa shape index (κ1) is 19.2. The van der Waals surface area contributed by atoms with E-state index in [0.29, 0.717) is 5.92 Å². The molecule has 4 heteroatoms. The van der Waals surface area contributed by atoms with E-state index in [2.05, 4.69) is 89.2 Å². The monoisotopic (exact) mass is 431 g/mol. The Kier molecular flexibility index (Phi) is 7.46. The number of nitrogens with two attached hydrogens (primary N) is 1. The molecular formula is C17H27Br2NSi. The van der Waals surface area contributed by atoms with Gasteiger partial charge in [-0.3, -0.25) is 0 Å². The first-order valence-corrected chi connectivity index (χ1v) is 12.0. The molecule has 0 radical (unpaired) electrons. The van der Waals surface area contributed by atoms with Gasteiger partial charge in [0.25, 0.3) is 0 Å². The van der Waals surface area contributed by atoms with Crippen LogP contribution in [0.4, 0.5) is 0 Å². The van der Waals surface area contributed by atoms with E-state index in [9.17, 15) is 0 Å². The lowest BCUT2D eigenvalue weighted by molar-refractivity contribution is 0.316. The van der Waals surface area contributed by atoms with Gasteiger partial charge in [0, 0.05) is 17.4 Å². The Morgan fingerprint density at radius 1 is 1.29 bits per heavy atom. The molecule has 0 aliphatic heterocycles. The third-order valence-corrected chi connectivity index (χ3v) is 10.2. The largest absolute Gasteiger partial charge is 0.324 e. The van der Waals surface area contributed by atoms with E-state index in [-0.39, 0.29) is 11.5 Å². The molecule has 1 aliphatic carbocycles. The maximum atomic E-state index is 6.15. The maximum absolute atomic E-state index is 6.15. The Labute approximate surface area is 148 Å². The SMILES string of the molecule is CC[Si](C#C[C@]1(C)C[C@H](N)C=C[C@@H]1C=C(Br)Br)(CC)CC. The molecule has 0 aromatic rings. The van der Waals surface area contributed by atoms with Crippen LogP contribution in [0, 0.1) is 22.8 Å². The number of hydrogen-bond acceptors (Lipinski definition) is 1. The van der Waals surface area contributed by atoms with Crippen molar-refractivity contribution in [3.63, 3.8) is 0 Å². The minimum absolute atomic E-state index is 0.0707. The fourth-order valence-corrected chi connectivity index (χ4v) is 6.12. The van der Waals surface area contributed by atoms with Crippen LogP contribution < -0.4 is 5.73 Å². The Balaban J connectivity index is 3.17. The van der Waals surface area contributed by atoms with Crippen LogP contribution in [0.1, 0.15) is 34.1 Å². The molecule has 1 aliphatic rings. The maximum Gasteiger partial charge on any atom is 0.137 e. The summed E-state index contributed by atoms with van der Waals surface area (Å²) in [6.07, 6.45) is 7.42. The summed E-state index contributed by atoms with van der Waals surface area (Å²) in [4.78, 5) is 0. The van der Waals surface area contributed by atoms with Gasteiger partial charge in [0.15, 0.2) is 0 Å². The normalized spacial score (nSPS) is 28.7. The van der Waals surface area contributed by atoms with Gasteiger partial charge in [-0.25, -0.2) is 0 Å². The van der Waals surface area contributed by atoms with Crippen LogP contribution in [0.2, 0.25) is 18.1 Å². The Bertz CT molecular complexity index is 459.